The van der Waals surface area contributed by atoms with Crippen LogP contribution in [0.3, 0.4) is 0 Å². The number of fused-ring (bicyclic) bond motifs is 1. The first kappa shape index (κ1) is 10.1. The van der Waals surface area contributed by atoms with Crippen LogP contribution in [0.4, 0.5) is 0 Å². The van der Waals surface area contributed by atoms with Gasteiger partial charge in [-0.05, 0) is 11.8 Å². The number of nitrogens with zero attached hydrogens (tertiary/aromatic N) is 3. The van der Waals surface area contributed by atoms with E-state index in [4.69, 9.17) is 4.52 Å². The third-order valence-electron chi connectivity index (χ3n) is 2.42. The first-order valence-corrected chi connectivity index (χ1v) is 5.21. The average Bonchev–Trinajstić information content (AvgIpc) is 2.60. The Kier molecular flexibility index (Phi) is 2.42. The first-order valence-electron chi connectivity index (χ1n) is 5.21. The summed E-state index contributed by atoms with van der Waals surface area (Å²) in [7, 11) is 0. The summed E-state index contributed by atoms with van der Waals surface area (Å²) in [5, 5.41) is 5.05. The van der Waals surface area contributed by atoms with E-state index in [1.165, 1.54) is 6.33 Å². The van der Waals surface area contributed by atoms with Crippen molar-refractivity contribution in [2.75, 3.05) is 0 Å². The first-order chi connectivity index (χ1) is 7.11. The number of rotatable bonds is 2. The van der Waals surface area contributed by atoms with E-state index in [0.29, 0.717) is 17.5 Å². The molecule has 0 aliphatic carbocycles. The van der Waals surface area contributed by atoms with E-state index in [1.807, 2.05) is 0 Å². The summed E-state index contributed by atoms with van der Waals surface area (Å²) >= 11 is 0. The lowest BCUT2D eigenvalue weighted by Crippen LogP contribution is -1.97. The molecule has 15 heavy (non-hydrogen) atoms. The lowest BCUT2D eigenvalue weighted by Gasteiger charge is -2.06. The fourth-order valence-corrected chi connectivity index (χ4v) is 1.66. The minimum absolute atomic E-state index is 0.328. The molecule has 0 aliphatic rings. The van der Waals surface area contributed by atoms with Crippen LogP contribution < -0.4 is 0 Å². The van der Waals surface area contributed by atoms with Crippen molar-refractivity contribution in [3.8, 4) is 0 Å². The van der Waals surface area contributed by atoms with Crippen molar-refractivity contribution in [2.45, 2.75) is 39.5 Å². The maximum Gasteiger partial charge on any atom is 0.261 e. The van der Waals surface area contributed by atoms with E-state index in [2.05, 4.69) is 42.8 Å². The topological polar surface area (TPSA) is 51.8 Å². The van der Waals surface area contributed by atoms with Crippen LogP contribution in [0.5, 0.6) is 0 Å². The molecule has 2 aromatic heterocycles. The quantitative estimate of drug-likeness (QED) is 0.756. The van der Waals surface area contributed by atoms with E-state index in [9.17, 15) is 0 Å². The molecule has 80 valence electrons. The molecule has 0 N–H and O–H groups in total. The summed E-state index contributed by atoms with van der Waals surface area (Å²) in [5.41, 5.74) is 2.57. The van der Waals surface area contributed by atoms with Gasteiger partial charge in [-0.2, -0.15) is 4.98 Å². The molecule has 0 atom stereocenters. The normalized spacial score (nSPS) is 11.9. The van der Waals surface area contributed by atoms with Crippen LogP contribution in [0.15, 0.2) is 10.9 Å². The largest absolute Gasteiger partial charge is 0.335 e. The number of hydrogen-bond donors (Lipinski definition) is 0. The van der Waals surface area contributed by atoms with Gasteiger partial charge >= 0.3 is 0 Å². The lowest BCUT2D eigenvalue weighted by molar-refractivity contribution is 0.434. The Bertz CT molecular complexity index is 474. The molecule has 4 nitrogen and oxygen atoms in total. The van der Waals surface area contributed by atoms with E-state index < -0.39 is 0 Å². The molecule has 2 aromatic rings. The fraction of sp³-hybridized carbons (Fsp3) is 0.545. The summed E-state index contributed by atoms with van der Waals surface area (Å²) in [6.45, 7) is 8.40. The van der Waals surface area contributed by atoms with Crippen LogP contribution in [0, 0.1) is 0 Å². The van der Waals surface area contributed by atoms with Gasteiger partial charge in [-0.3, -0.25) is 0 Å². The van der Waals surface area contributed by atoms with Crippen molar-refractivity contribution in [2.24, 2.45) is 0 Å². The average molecular weight is 205 g/mol. The Labute approximate surface area is 88.7 Å². The minimum Gasteiger partial charge on any atom is -0.335 e. The second-order valence-corrected chi connectivity index (χ2v) is 4.32. The Morgan fingerprint density at radius 1 is 1.00 bits per heavy atom. The predicted molar refractivity (Wildman–Crippen MR) is 57.8 cm³/mol. The van der Waals surface area contributed by atoms with Gasteiger partial charge < -0.3 is 4.52 Å². The third-order valence-corrected chi connectivity index (χ3v) is 2.42. The zero-order valence-corrected chi connectivity index (χ0v) is 9.48. The van der Waals surface area contributed by atoms with Gasteiger partial charge in [0.1, 0.15) is 6.33 Å². The van der Waals surface area contributed by atoms with Crippen molar-refractivity contribution in [1.29, 1.82) is 0 Å². The SMILES string of the molecule is CC(C)c1ncnc2onc(C(C)C)c12. The van der Waals surface area contributed by atoms with Gasteiger partial charge in [0.2, 0.25) is 0 Å². The third kappa shape index (κ3) is 1.60. The van der Waals surface area contributed by atoms with Crippen LogP contribution in [0.2, 0.25) is 0 Å². The van der Waals surface area contributed by atoms with Gasteiger partial charge in [0.15, 0.2) is 0 Å². The molecule has 0 unspecified atom stereocenters. The Balaban J connectivity index is 2.75. The highest BCUT2D eigenvalue weighted by molar-refractivity contribution is 5.79. The fourth-order valence-electron chi connectivity index (χ4n) is 1.66. The van der Waals surface area contributed by atoms with E-state index in [0.717, 1.165) is 16.8 Å². The highest BCUT2D eigenvalue weighted by atomic mass is 16.5. The standard InChI is InChI=1S/C11H15N3O/c1-6(2)9-8-10(7(3)4)14-15-11(8)13-5-12-9/h5-7H,1-4H3. The summed E-state index contributed by atoms with van der Waals surface area (Å²) in [6, 6.07) is 0. The maximum absolute atomic E-state index is 5.20. The molecule has 0 radical (unpaired) electrons. The summed E-state index contributed by atoms with van der Waals surface area (Å²) in [5.74, 6) is 0.683. The minimum atomic E-state index is 0.328. The van der Waals surface area contributed by atoms with Crippen molar-refractivity contribution < 1.29 is 4.52 Å². The molecule has 0 saturated heterocycles. The van der Waals surface area contributed by atoms with Gasteiger partial charge in [0.25, 0.3) is 5.71 Å². The highest BCUT2D eigenvalue weighted by Gasteiger charge is 2.18. The molecule has 0 aliphatic heterocycles. The van der Waals surface area contributed by atoms with Gasteiger partial charge in [0.05, 0.1) is 16.8 Å². The summed E-state index contributed by atoms with van der Waals surface area (Å²) in [6.07, 6.45) is 1.53. The van der Waals surface area contributed by atoms with Crippen LogP contribution in [0.1, 0.15) is 50.9 Å². The zero-order chi connectivity index (χ0) is 11.0. The smallest absolute Gasteiger partial charge is 0.261 e. The van der Waals surface area contributed by atoms with Crippen LogP contribution in [-0.4, -0.2) is 15.1 Å². The van der Waals surface area contributed by atoms with Gasteiger partial charge in [-0.15, -0.1) is 0 Å². The maximum atomic E-state index is 5.20. The second-order valence-electron chi connectivity index (χ2n) is 4.32. The molecular weight excluding hydrogens is 190 g/mol. The van der Waals surface area contributed by atoms with Crippen LogP contribution in [-0.2, 0) is 0 Å². The van der Waals surface area contributed by atoms with Crippen LogP contribution in [0.25, 0.3) is 11.1 Å². The van der Waals surface area contributed by atoms with Crippen molar-refractivity contribution >= 4 is 11.1 Å². The van der Waals surface area contributed by atoms with Crippen molar-refractivity contribution in [3.63, 3.8) is 0 Å². The molecule has 0 aromatic carbocycles. The molecule has 0 spiro atoms. The molecule has 0 bridgehead atoms. The summed E-state index contributed by atoms with van der Waals surface area (Å²) < 4.78 is 5.20. The Morgan fingerprint density at radius 2 is 1.67 bits per heavy atom. The highest BCUT2D eigenvalue weighted by Crippen LogP contribution is 2.28. The predicted octanol–water partition coefficient (Wildman–Crippen LogP) is 2.86. The Morgan fingerprint density at radius 3 is 2.27 bits per heavy atom. The van der Waals surface area contributed by atoms with E-state index in [1.54, 1.807) is 0 Å². The molecule has 2 heterocycles. The van der Waals surface area contributed by atoms with E-state index in [-0.39, 0.29) is 0 Å². The zero-order valence-electron chi connectivity index (χ0n) is 9.48. The molecule has 0 amide bonds. The van der Waals surface area contributed by atoms with E-state index >= 15 is 0 Å². The van der Waals surface area contributed by atoms with Gasteiger partial charge in [0, 0.05) is 0 Å². The second kappa shape index (κ2) is 3.61. The summed E-state index contributed by atoms with van der Waals surface area (Å²) in [4.78, 5) is 8.40. The van der Waals surface area contributed by atoms with Crippen molar-refractivity contribution in [1.82, 2.24) is 15.1 Å². The number of aromatic nitrogens is 3. The van der Waals surface area contributed by atoms with Crippen molar-refractivity contribution in [3.05, 3.63) is 17.7 Å². The molecule has 4 heteroatoms. The van der Waals surface area contributed by atoms with Crippen LogP contribution >= 0.6 is 0 Å². The monoisotopic (exact) mass is 205 g/mol. The van der Waals surface area contributed by atoms with Gasteiger partial charge in [-0.1, -0.05) is 32.9 Å². The number of hydrogen-bond acceptors (Lipinski definition) is 4. The van der Waals surface area contributed by atoms with Gasteiger partial charge in [-0.25, -0.2) is 4.98 Å². The lowest BCUT2D eigenvalue weighted by atomic mass is 10.0. The molecule has 0 saturated carbocycles. The molecule has 2 rings (SSSR count). The molecular formula is C11H15N3O. The molecule has 0 fully saturated rings. The Hall–Kier alpha value is -1.45.